The predicted octanol–water partition coefficient (Wildman–Crippen LogP) is 2.36. The highest BCUT2D eigenvalue weighted by Gasteiger charge is 2.23. The Bertz CT molecular complexity index is 129. The molecule has 1 aliphatic carbocycles. The molecule has 11 heavy (non-hydrogen) atoms. The van der Waals surface area contributed by atoms with Crippen molar-refractivity contribution in [2.45, 2.75) is 32.6 Å². The molecular weight excluding hydrogens is 136 g/mol. The summed E-state index contributed by atoms with van der Waals surface area (Å²) in [6.45, 7) is 2.53. The lowest BCUT2D eigenvalue weighted by Gasteiger charge is -2.11. The summed E-state index contributed by atoms with van der Waals surface area (Å²) in [6, 6.07) is 0. The molecule has 0 bridgehead atoms. The van der Waals surface area contributed by atoms with Gasteiger partial charge in [0, 0.05) is 6.61 Å². The van der Waals surface area contributed by atoms with E-state index in [1.165, 1.54) is 19.3 Å². The van der Waals surface area contributed by atoms with Crippen LogP contribution in [0.15, 0.2) is 12.2 Å². The van der Waals surface area contributed by atoms with E-state index in [9.17, 15) is 0 Å². The summed E-state index contributed by atoms with van der Waals surface area (Å²) in [5.74, 6) is 1.22. The van der Waals surface area contributed by atoms with Crippen LogP contribution in [0.2, 0.25) is 0 Å². The van der Waals surface area contributed by atoms with Crippen LogP contribution in [-0.2, 0) is 0 Å². The summed E-state index contributed by atoms with van der Waals surface area (Å²) in [5, 5.41) is 9.00. The molecule has 64 valence electrons. The van der Waals surface area contributed by atoms with Gasteiger partial charge in [0.2, 0.25) is 0 Å². The van der Waals surface area contributed by atoms with Gasteiger partial charge in [0.15, 0.2) is 0 Å². The average Bonchev–Trinajstić information content (AvgIpc) is 2.47. The number of aliphatic hydroxyl groups is 1. The van der Waals surface area contributed by atoms with E-state index in [1.807, 2.05) is 0 Å². The Hall–Kier alpha value is -0.300. The van der Waals surface area contributed by atoms with Gasteiger partial charge in [0.25, 0.3) is 0 Å². The first-order valence-electron chi connectivity index (χ1n) is 4.66. The van der Waals surface area contributed by atoms with E-state index >= 15 is 0 Å². The molecule has 0 unspecified atom stereocenters. The third-order valence-corrected chi connectivity index (χ3v) is 2.57. The monoisotopic (exact) mass is 154 g/mol. The Balaban J connectivity index is 2.37. The van der Waals surface area contributed by atoms with Gasteiger partial charge in [-0.15, -0.1) is 0 Å². The molecule has 1 heteroatoms. The van der Waals surface area contributed by atoms with Gasteiger partial charge in [-0.2, -0.15) is 0 Å². The lowest BCUT2D eigenvalue weighted by molar-refractivity contribution is 0.210. The molecule has 0 amide bonds. The summed E-state index contributed by atoms with van der Waals surface area (Å²) in [6.07, 6.45) is 9.42. The maximum Gasteiger partial charge on any atom is 0.0464 e. The summed E-state index contributed by atoms with van der Waals surface area (Å²) >= 11 is 0. The Kier molecular flexibility index (Phi) is 3.64. The lowest BCUT2D eigenvalue weighted by atomic mass is 9.96. The van der Waals surface area contributed by atoms with Crippen molar-refractivity contribution in [2.75, 3.05) is 6.61 Å². The summed E-state index contributed by atoms with van der Waals surface area (Å²) in [5.41, 5.74) is 0. The average molecular weight is 154 g/mol. The van der Waals surface area contributed by atoms with Gasteiger partial charge in [-0.05, 0) is 31.1 Å². The lowest BCUT2D eigenvalue weighted by Crippen LogP contribution is -2.09. The fourth-order valence-corrected chi connectivity index (χ4v) is 1.86. The molecule has 0 aromatic rings. The van der Waals surface area contributed by atoms with Crippen LogP contribution in [0, 0.1) is 11.8 Å². The van der Waals surface area contributed by atoms with E-state index < -0.39 is 0 Å². The second-order valence-corrected chi connectivity index (χ2v) is 3.37. The number of allylic oxidation sites excluding steroid dienone is 2. The van der Waals surface area contributed by atoms with Gasteiger partial charge in [-0.25, -0.2) is 0 Å². The molecule has 1 nitrogen and oxygen atoms in total. The third kappa shape index (κ3) is 2.33. The summed E-state index contributed by atoms with van der Waals surface area (Å²) < 4.78 is 0. The zero-order valence-corrected chi connectivity index (χ0v) is 7.29. The Labute approximate surface area is 69.1 Å². The first kappa shape index (κ1) is 8.79. The van der Waals surface area contributed by atoms with E-state index in [4.69, 9.17) is 5.11 Å². The first-order chi connectivity index (χ1) is 5.38. The smallest absolute Gasteiger partial charge is 0.0464 e. The van der Waals surface area contributed by atoms with Gasteiger partial charge >= 0.3 is 0 Å². The molecule has 0 aliphatic heterocycles. The van der Waals surface area contributed by atoms with Gasteiger partial charge in [0.1, 0.15) is 0 Å². The van der Waals surface area contributed by atoms with Crippen molar-refractivity contribution >= 4 is 0 Å². The molecule has 1 aliphatic rings. The van der Waals surface area contributed by atoms with E-state index in [0.717, 1.165) is 6.42 Å². The minimum Gasteiger partial charge on any atom is -0.396 e. The molecule has 0 aromatic heterocycles. The van der Waals surface area contributed by atoms with Crippen LogP contribution in [-0.4, -0.2) is 11.7 Å². The van der Waals surface area contributed by atoms with Crippen molar-refractivity contribution in [1.29, 1.82) is 0 Å². The number of hydrogen-bond donors (Lipinski definition) is 1. The summed E-state index contributed by atoms with van der Waals surface area (Å²) in [4.78, 5) is 0. The van der Waals surface area contributed by atoms with Crippen LogP contribution in [0.25, 0.3) is 0 Å². The van der Waals surface area contributed by atoms with Crippen LogP contribution in [0.5, 0.6) is 0 Å². The zero-order valence-electron chi connectivity index (χ0n) is 7.29. The van der Waals surface area contributed by atoms with Crippen LogP contribution < -0.4 is 0 Å². The van der Waals surface area contributed by atoms with E-state index in [0.29, 0.717) is 18.4 Å². The topological polar surface area (TPSA) is 20.2 Å². The predicted molar refractivity (Wildman–Crippen MR) is 47.3 cm³/mol. The molecule has 0 heterocycles. The normalized spacial score (nSPS) is 31.8. The number of hydrogen-bond acceptors (Lipinski definition) is 1. The second kappa shape index (κ2) is 4.55. The van der Waals surface area contributed by atoms with E-state index in [2.05, 4.69) is 19.1 Å². The Morgan fingerprint density at radius 3 is 2.91 bits per heavy atom. The largest absolute Gasteiger partial charge is 0.396 e. The quantitative estimate of drug-likeness (QED) is 0.619. The van der Waals surface area contributed by atoms with Crippen molar-refractivity contribution in [1.82, 2.24) is 0 Å². The van der Waals surface area contributed by atoms with Crippen molar-refractivity contribution in [3.05, 3.63) is 12.2 Å². The van der Waals surface area contributed by atoms with Crippen LogP contribution in [0.4, 0.5) is 0 Å². The fraction of sp³-hybridized carbons (Fsp3) is 0.800. The highest BCUT2D eigenvalue weighted by molar-refractivity contribution is 4.94. The SMILES string of the molecule is CC/C=C/[C@@H]1CCC[C@@H]1CO. The molecule has 0 saturated heterocycles. The molecule has 1 rings (SSSR count). The fourth-order valence-electron chi connectivity index (χ4n) is 1.86. The van der Waals surface area contributed by atoms with Crippen LogP contribution >= 0.6 is 0 Å². The molecule has 1 saturated carbocycles. The Morgan fingerprint density at radius 2 is 2.27 bits per heavy atom. The third-order valence-electron chi connectivity index (χ3n) is 2.57. The molecule has 2 atom stereocenters. The second-order valence-electron chi connectivity index (χ2n) is 3.37. The molecule has 0 radical (unpaired) electrons. The minimum absolute atomic E-state index is 0.374. The maximum atomic E-state index is 9.00. The van der Waals surface area contributed by atoms with E-state index in [-0.39, 0.29) is 0 Å². The molecule has 0 aromatic carbocycles. The Morgan fingerprint density at radius 1 is 1.45 bits per heavy atom. The summed E-state index contributed by atoms with van der Waals surface area (Å²) in [7, 11) is 0. The van der Waals surface area contributed by atoms with Gasteiger partial charge in [-0.3, -0.25) is 0 Å². The highest BCUT2D eigenvalue weighted by Crippen LogP contribution is 2.32. The van der Waals surface area contributed by atoms with Crippen molar-refractivity contribution < 1.29 is 5.11 Å². The zero-order chi connectivity index (χ0) is 8.10. The van der Waals surface area contributed by atoms with Gasteiger partial charge in [-0.1, -0.05) is 25.5 Å². The minimum atomic E-state index is 0.374. The van der Waals surface area contributed by atoms with Gasteiger partial charge < -0.3 is 5.11 Å². The van der Waals surface area contributed by atoms with Crippen LogP contribution in [0.1, 0.15) is 32.6 Å². The molecular formula is C10H18O. The molecule has 1 N–H and O–H groups in total. The van der Waals surface area contributed by atoms with Crippen LogP contribution in [0.3, 0.4) is 0 Å². The molecule has 0 spiro atoms. The van der Waals surface area contributed by atoms with Gasteiger partial charge in [0.05, 0.1) is 0 Å². The number of aliphatic hydroxyl groups excluding tert-OH is 1. The van der Waals surface area contributed by atoms with Crippen molar-refractivity contribution in [3.63, 3.8) is 0 Å². The van der Waals surface area contributed by atoms with Crippen molar-refractivity contribution in [2.24, 2.45) is 11.8 Å². The van der Waals surface area contributed by atoms with E-state index in [1.54, 1.807) is 0 Å². The molecule has 1 fully saturated rings. The standard InChI is InChI=1S/C10H18O/c1-2-3-5-9-6-4-7-10(9)8-11/h3,5,9-11H,2,4,6-8H2,1H3/b5-3+/t9-,10-/m1/s1. The highest BCUT2D eigenvalue weighted by atomic mass is 16.3. The maximum absolute atomic E-state index is 9.00. The number of rotatable bonds is 3. The van der Waals surface area contributed by atoms with Crippen molar-refractivity contribution in [3.8, 4) is 0 Å². The first-order valence-corrected chi connectivity index (χ1v) is 4.66.